The fourth-order valence-corrected chi connectivity index (χ4v) is 4.45. The number of thiophene rings is 1. The summed E-state index contributed by atoms with van der Waals surface area (Å²) in [6, 6.07) is 3.93. The molecule has 0 fully saturated rings. The van der Waals surface area contributed by atoms with Crippen molar-refractivity contribution >= 4 is 29.0 Å². The number of rotatable bonds is 3. The summed E-state index contributed by atoms with van der Waals surface area (Å²) in [5, 5.41) is 10.9. The van der Waals surface area contributed by atoms with Gasteiger partial charge in [0.25, 0.3) is 0 Å². The van der Waals surface area contributed by atoms with Crippen LogP contribution < -0.4 is 0 Å². The third-order valence-electron chi connectivity index (χ3n) is 3.58. The number of carbonyl (C=O) groups excluding carboxylic acids is 1. The molecule has 3 heterocycles. The number of hydrogen-bond donors (Lipinski definition) is 0. The highest BCUT2D eigenvalue weighted by atomic mass is 32.1. The third kappa shape index (κ3) is 2.13. The molecule has 0 spiro atoms. The van der Waals surface area contributed by atoms with Crippen molar-refractivity contribution in [1.82, 2.24) is 20.0 Å². The summed E-state index contributed by atoms with van der Waals surface area (Å²) < 4.78 is 1.71. The van der Waals surface area contributed by atoms with Crippen LogP contribution in [0, 0.1) is 0 Å². The lowest BCUT2D eigenvalue weighted by Crippen LogP contribution is -2.01. The standard InChI is InChI=1S/C14H12N4OS2/c19-8-10-13(12-6-3-7-20-12)18(17-16-10)14-15-9-4-1-2-5-11(9)21-14/h3,6-8H,1-2,4-5H2. The second-order valence-corrected chi connectivity index (χ2v) is 6.91. The molecule has 4 rings (SSSR count). The Morgan fingerprint density at radius 2 is 2.19 bits per heavy atom. The van der Waals surface area contributed by atoms with Crippen LogP contribution in [0.5, 0.6) is 0 Å². The van der Waals surface area contributed by atoms with E-state index in [9.17, 15) is 4.79 Å². The summed E-state index contributed by atoms with van der Waals surface area (Å²) in [4.78, 5) is 18.3. The predicted octanol–water partition coefficient (Wildman–Crippen LogP) is 3.14. The summed E-state index contributed by atoms with van der Waals surface area (Å²) in [6.07, 6.45) is 5.31. The minimum Gasteiger partial charge on any atom is -0.296 e. The third-order valence-corrected chi connectivity index (χ3v) is 5.59. The number of aryl methyl sites for hydroxylation is 2. The first-order valence-electron chi connectivity index (χ1n) is 6.80. The molecule has 1 aliphatic rings. The minimum atomic E-state index is 0.366. The fourth-order valence-electron chi connectivity index (χ4n) is 2.58. The maximum atomic E-state index is 11.2. The van der Waals surface area contributed by atoms with Crippen LogP contribution in [0.3, 0.4) is 0 Å². The van der Waals surface area contributed by atoms with Gasteiger partial charge in [-0.2, -0.15) is 4.68 Å². The first-order chi connectivity index (χ1) is 10.4. The molecule has 0 aliphatic heterocycles. The predicted molar refractivity (Wildman–Crippen MR) is 82.4 cm³/mol. The molecule has 5 nitrogen and oxygen atoms in total. The second-order valence-electron chi connectivity index (χ2n) is 4.90. The van der Waals surface area contributed by atoms with Crippen molar-refractivity contribution < 1.29 is 4.79 Å². The molecule has 3 aromatic heterocycles. The SMILES string of the molecule is O=Cc1nnn(-c2nc3c(s2)CCCC3)c1-c1cccs1. The van der Waals surface area contributed by atoms with Crippen LogP contribution in [0.2, 0.25) is 0 Å². The van der Waals surface area contributed by atoms with Crippen LogP contribution in [0.15, 0.2) is 17.5 Å². The van der Waals surface area contributed by atoms with Crippen molar-refractivity contribution in [2.24, 2.45) is 0 Å². The highest BCUT2D eigenvalue weighted by Gasteiger charge is 2.21. The Morgan fingerprint density at radius 3 is 2.95 bits per heavy atom. The number of fused-ring (bicyclic) bond motifs is 1. The van der Waals surface area contributed by atoms with Gasteiger partial charge in [-0.15, -0.1) is 16.4 Å². The number of nitrogens with zero attached hydrogens (tertiary/aromatic N) is 4. The molecule has 0 N–H and O–H groups in total. The van der Waals surface area contributed by atoms with Crippen molar-refractivity contribution in [1.29, 1.82) is 0 Å². The van der Waals surface area contributed by atoms with Crippen molar-refractivity contribution in [2.75, 3.05) is 0 Å². The lowest BCUT2D eigenvalue weighted by atomic mass is 10.0. The minimum absolute atomic E-state index is 0.366. The van der Waals surface area contributed by atoms with Crippen LogP contribution in [-0.4, -0.2) is 26.3 Å². The first kappa shape index (κ1) is 12.8. The molecule has 0 aromatic carbocycles. The van der Waals surface area contributed by atoms with Crippen LogP contribution in [0.1, 0.15) is 33.9 Å². The normalized spacial score (nSPS) is 14.1. The van der Waals surface area contributed by atoms with E-state index < -0.39 is 0 Å². The average Bonchev–Trinajstić information content (AvgIpc) is 3.23. The zero-order chi connectivity index (χ0) is 14.2. The summed E-state index contributed by atoms with van der Waals surface area (Å²) >= 11 is 3.23. The summed E-state index contributed by atoms with van der Waals surface area (Å²) in [6.45, 7) is 0. The van der Waals surface area contributed by atoms with Gasteiger partial charge in [-0.05, 0) is 37.1 Å². The molecule has 106 valence electrons. The van der Waals surface area contributed by atoms with Gasteiger partial charge in [-0.3, -0.25) is 4.79 Å². The molecule has 0 amide bonds. The van der Waals surface area contributed by atoms with E-state index in [2.05, 4.69) is 10.3 Å². The molecule has 0 saturated carbocycles. The average molecular weight is 316 g/mol. The van der Waals surface area contributed by atoms with E-state index >= 15 is 0 Å². The van der Waals surface area contributed by atoms with Crippen molar-refractivity contribution in [3.8, 4) is 15.7 Å². The van der Waals surface area contributed by atoms with E-state index in [0.717, 1.165) is 34.8 Å². The highest BCUT2D eigenvalue weighted by Crippen LogP contribution is 2.33. The lowest BCUT2D eigenvalue weighted by Gasteiger charge is -2.06. The topological polar surface area (TPSA) is 60.7 Å². The van der Waals surface area contributed by atoms with E-state index in [1.807, 2.05) is 17.5 Å². The summed E-state index contributed by atoms with van der Waals surface area (Å²) in [7, 11) is 0. The van der Waals surface area contributed by atoms with E-state index in [-0.39, 0.29) is 0 Å². The molecule has 21 heavy (non-hydrogen) atoms. The van der Waals surface area contributed by atoms with Gasteiger partial charge in [0.1, 0.15) is 5.69 Å². The molecule has 0 saturated heterocycles. The van der Waals surface area contributed by atoms with Gasteiger partial charge in [-0.1, -0.05) is 22.6 Å². The number of thiazole rings is 1. The number of hydrogen-bond acceptors (Lipinski definition) is 6. The Hall–Kier alpha value is -1.86. The van der Waals surface area contributed by atoms with E-state index in [1.165, 1.54) is 23.4 Å². The van der Waals surface area contributed by atoms with Crippen molar-refractivity contribution in [2.45, 2.75) is 25.7 Å². The first-order valence-corrected chi connectivity index (χ1v) is 8.50. The van der Waals surface area contributed by atoms with Gasteiger partial charge < -0.3 is 0 Å². The molecular formula is C14H12N4OS2. The Balaban J connectivity index is 1.87. The van der Waals surface area contributed by atoms with Crippen LogP contribution in [-0.2, 0) is 12.8 Å². The largest absolute Gasteiger partial charge is 0.296 e. The Bertz CT molecular complexity index is 765. The highest BCUT2D eigenvalue weighted by molar-refractivity contribution is 7.14. The molecular weight excluding hydrogens is 304 g/mol. The molecule has 0 unspecified atom stereocenters. The van der Waals surface area contributed by atoms with Gasteiger partial charge in [0, 0.05) is 4.88 Å². The summed E-state index contributed by atoms with van der Waals surface area (Å²) in [5.74, 6) is 0. The smallest absolute Gasteiger partial charge is 0.212 e. The summed E-state index contributed by atoms with van der Waals surface area (Å²) in [5.41, 5.74) is 2.29. The van der Waals surface area contributed by atoms with E-state index in [0.29, 0.717) is 5.69 Å². The molecule has 7 heteroatoms. The van der Waals surface area contributed by atoms with Gasteiger partial charge in [-0.25, -0.2) is 4.98 Å². The zero-order valence-electron chi connectivity index (χ0n) is 11.2. The second kappa shape index (κ2) is 5.16. The van der Waals surface area contributed by atoms with E-state index in [1.54, 1.807) is 27.4 Å². The number of carbonyl (C=O) groups is 1. The number of aldehydes is 1. The zero-order valence-corrected chi connectivity index (χ0v) is 12.8. The Morgan fingerprint density at radius 1 is 1.29 bits per heavy atom. The van der Waals surface area contributed by atoms with Crippen molar-refractivity contribution in [3.05, 3.63) is 33.8 Å². The van der Waals surface area contributed by atoms with Crippen LogP contribution >= 0.6 is 22.7 Å². The van der Waals surface area contributed by atoms with Gasteiger partial charge >= 0.3 is 0 Å². The molecule has 0 bridgehead atoms. The quantitative estimate of drug-likeness (QED) is 0.696. The maximum absolute atomic E-state index is 11.2. The lowest BCUT2D eigenvalue weighted by molar-refractivity contribution is 0.111. The molecule has 3 aromatic rings. The van der Waals surface area contributed by atoms with Crippen molar-refractivity contribution in [3.63, 3.8) is 0 Å². The molecule has 0 atom stereocenters. The van der Waals surface area contributed by atoms with Crippen LogP contribution in [0.4, 0.5) is 0 Å². The Labute approximate surface area is 129 Å². The monoisotopic (exact) mass is 316 g/mol. The molecule has 0 radical (unpaired) electrons. The van der Waals surface area contributed by atoms with Gasteiger partial charge in [0.05, 0.1) is 10.6 Å². The Kier molecular flexibility index (Phi) is 3.16. The fraction of sp³-hybridized carbons (Fsp3) is 0.286. The number of aromatic nitrogens is 4. The van der Waals surface area contributed by atoms with Crippen LogP contribution in [0.25, 0.3) is 15.7 Å². The maximum Gasteiger partial charge on any atom is 0.212 e. The van der Waals surface area contributed by atoms with Gasteiger partial charge in [0.15, 0.2) is 12.0 Å². The van der Waals surface area contributed by atoms with E-state index in [4.69, 9.17) is 4.98 Å². The molecule has 1 aliphatic carbocycles. The van der Waals surface area contributed by atoms with Gasteiger partial charge in [0.2, 0.25) is 5.13 Å².